The number of aromatic nitrogens is 2. The van der Waals surface area contributed by atoms with Gasteiger partial charge in [-0.3, -0.25) is 9.48 Å². The van der Waals surface area contributed by atoms with Gasteiger partial charge in [-0.05, 0) is 42.6 Å². The zero-order chi connectivity index (χ0) is 16.5. The Hall–Kier alpha value is -1.09. The van der Waals surface area contributed by atoms with Crippen LogP contribution in [0.2, 0.25) is 0 Å². The first kappa shape index (κ1) is 17.3. The molecule has 2 rings (SSSR count). The molecule has 124 valence electrons. The van der Waals surface area contributed by atoms with E-state index in [4.69, 9.17) is 4.74 Å². The standard InChI is InChI=1S/C13H17BrF3N3O2/c1-7(9-4-3-5-22-9)18-10(21)6-20-8(2)11(14)12(19-20)13(15,16)17/h7,9H,3-6H2,1-2H3,(H,18,21)/t7-,9-/m0/s1. The van der Waals surface area contributed by atoms with Gasteiger partial charge in [0.2, 0.25) is 5.91 Å². The largest absolute Gasteiger partial charge is 0.436 e. The van der Waals surface area contributed by atoms with Crippen LogP contribution < -0.4 is 5.32 Å². The lowest BCUT2D eigenvalue weighted by Gasteiger charge is -2.20. The highest BCUT2D eigenvalue weighted by molar-refractivity contribution is 9.10. The van der Waals surface area contributed by atoms with E-state index in [-0.39, 0.29) is 28.9 Å². The Morgan fingerprint density at radius 3 is 2.77 bits per heavy atom. The monoisotopic (exact) mass is 383 g/mol. The number of halogens is 4. The Bertz CT molecular complexity index is 553. The fourth-order valence-electron chi connectivity index (χ4n) is 2.38. The van der Waals surface area contributed by atoms with Gasteiger partial charge in [0.05, 0.1) is 22.3 Å². The molecule has 0 saturated carbocycles. The lowest BCUT2D eigenvalue weighted by atomic mass is 10.1. The van der Waals surface area contributed by atoms with Crippen LogP contribution in [0.3, 0.4) is 0 Å². The van der Waals surface area contributed by atoms with Gasteiger partial charge in [0.15, 0.2) is 5.69 Å². The summed E-state index contributed by atoms with van der Waals surface area (Å²) in [5.74, 6) is -0.394. The summed E-state index contributed by atoms with van der Waals surface area (Å²) in [5, 5.41) is 6.22. The first-order valence-corrected chi connectivity index (χ1v) is 7.70. The highest BCUT2D eigenvalue weighted by Gasteiger charge is 2.38. The van der Waals surface area contributed by atoms with Crippen molar-refractivity contribution in [2.75, 3.05) is 6.61 Å². The molecule has 1 fully saturated rings. The molecule has 0 unspecified atom stereocenters. The van der Waals surface area contributed by atoms with Crippen molar-refractivity contribution in [2.24, 2.45) is 0 Å². The molecule has 0 aromatic carbocycles. The summed E-state index contributed by atoms with van der Waals surface area (Å²) in [6, 6.07) is -0.184. The predicted octanol–water partition coefficient (Wildman–Crippen LogP) is 2.66. The van der Waals surface area contributed by atoms with Crippen molar-refractivity contribution in [1.82, 2.24) is 15.1 Å². The minimum absolute atomic E-state index is 0.0415. The van der Waals surface area contributed by atoms with E-state index in [1.807, 2.05) is 6.92 Å². The molecule has 1 aromatic heterocycles. The van der Waals surface area contributed by atoms with Crippen molar-refractivity contribution in [3.05, 3.63) is 15.9 Å². The van der Waals surface area contributed by atoms with Crippen LogP contribution >= 0.6 is 15.9 Å². The lowest BCUT2D eigenvalue weighted by molar-refractivity contribution is -0.142. The molecule has 0 spiro atoms. The number of ether oxygens (including phenoxy) is 1. The zero-order valence-electron chi connectivity index (χ0n) is 12.2. The summed E-state index contributed by atoms with van der Waals surface area (Å²) in [5.41, 5.74) is -0.766. The van der Waals surface area contributed by atoms with E-state index in [1.54, 1.807) is 0 Å². The third-order valence-electron chi connectivity index (χ3n) is 3.61. The van der Waals surface area contributed by atoms with Crippen LogP contribution in [-0.4, -0.2) is 34.4 Å². The Morgan fingerprint density at radius 2 is 2.27 bits per heavy atom. The summed E-state index contributed by atoms with van der Waals surface area (Å²) in [7, 11) is 0. The highest BCUT2D eigenvalue weighted by atomic mass is 79.9. The molecule has 2 atom stereocenters. The molecule has 1 saturated heterocycles. The van der Waals surface area contributed by atoms with Crippen LogP contribution in [0.4, 0.5) is 13.2 Å². The fourth-order valence-corrected chi connectivity index (χ4v) is 2.89. The van der Waals surface area contributed by atoms with Gasteiger partial charge in [-0.2, -0.15) is 18.3 Å². The number of carbonyl (C=O) groups is 1. The van der Waals surface area contributed by atoms with E-state index < -0.39 is 17.8 Å². The van der Waals surface area contributed by atoms with Crippen LogP contribution in [-0.2, 0) is 22.3 Å². The maximum absolute atomic E-state index is 12.8. The summed E-state index contributed by atoms with van der Waals surface area (Å²) in [6.45, 7) is 3.70. The third kappa shape index (κ3) is 3.81. The molecule has 22 heavy (non-hydrogen) atoms. The number of carbonyl (C=O) groups excluding carboxylic acids is 1. The second kappa shape index (κ2) is 6.57. The van der Waals surface area contributed by atoms with E-state index in [1.165, 1.54) is 6.92 Å². The molecule has 1 N–H and O–H groups in total. The van der Waals surface area contributed by atoms with Gasteiger partial charge in [0.25, 0.3) is 0 Å². The third-order valence-corrected chi connectivity index (χ3v) is 4.56. The highest BCUT2D eigenvalue weighted by Crippen LogP contribution is 2.35. The Kier molecular flexibility index (Phi) is 5.16. The predicted molar refractivity (Wildman–Crippen MR) is 76.2 cm³/mol. The maximum Gasteiger partial charge on any atom is 0.436 e. The molecule has 2 heterocycles. The molecule has 0 radical (unpaired) electrons. The summed E-state index contributed by atoms with van der Waals surface area (Å²) < 4.78 is 44.7. The average Bonchev–Trinajstić information content (AvgIpc) is 3.02. The van der Waals surface area contributed by atoms with Crippen molar-refractivity contribution in [3.63, 3.8) is 0 Å². The minimum atomic E-state index is -4.56. The number of nitrogens with zero attached hydrogens (tertiary/aromatic N) is 2. The molecular formula is C13H17BrF3N3O2. The van der Waals surface area contributed by atoms with E-state index in [2.05, 4.69) is 26.3 Å². The second-order valence-electron chi connectivity index (χ2n) is 5.31. The summed E-state index contributed by atoms with van der Waals surface area (Å²) in [6.07, 6.45) is -2.78. The van der Waals surface area contributed by atoms with Crippen LogP contribution in [0.1, 0.15) is 31.2 Å². The van der Waals surface area contributed by atoms with Crippen LogP contribution in [0.5, 0.6) is 0 Å². The number of hydrogen-bond donors (Lipinski definition) is 1. The van der Waals surface area contributed by atoms with Crippen molar-refractivity contribution in [2.45, 2.75) is 51.6 Å². The summed E-state index contributed by atoms with van der Waals surface area (Å²) >= 11 is 2.88. The Morgan fingerprint density at radius 1 is 1.59 bits per heavy atom. The quantitative estimate of drug-likeness (QED) is 0.869. The Labute approximate surface area is 134 Å². The molecule has 1 aliphatic heterocycles. The van der Waals surface area contributed by atoms with Gasteiger partial charge < -0.3 is 10.1 Å². The topological polar surface area (TPSA) is 56.2 Å². The average molecular weight is 384 g/mol. The number of nitrogens with one attached hydrogen (secondary N) is 1. The van der Waals surface area contributed by atoms with Gasteiger partial charge in [-0.15, -0.1) is 0 Å². The van der Waals surface area contributed by atoms with Gasteiger partial charge in [0.1, 0.15) is 6.54 Å². The van der Waals surface area contributed by atoms with Gasteiger partial charge in [0, 0.05) is 6.61 Å². The number of amides is 1. The van der Waals surface area contributed by atoms with Crippen LogP contribution in [0, 0.1) is 6.92 Å². The SMILES string of the molecule is Cc1c(Br)c(C(F)(F)F)nn1CC(=O)N[C@@H](C)[C@@H]1CCCO1. The number of alkyl halides is 3. The van der Waals surface area contributed by atoms with Crippen molar-refractivity contribution in [1.29, 1.82) is 0 Å². The smallest absolute Gasteiger partial charge is 0.376 e. The van der Waals surface area contributed by atoms with Gasteiger partial charge >= 0.3 is 6.18 Å². The first-order chi connectivity index (χ1) is 10.2. The van der Waals surface area contributed by atoms with Gasteiger partial charge in [-0.1, -0.05) is 0 Å². The number of hydrogen-bond acceptors (Lipinski definition) is 3. The minimum Gasteiger partial charge on any atom is -0.376 e. The van der Waals surface area contributed by atoms with Crippen molar-refractivity contribution >= 4 is 21.8 Å². The zero-order valence-corrected chi connectivity index (χ0v) is 13.8. The summed E-state index contributed by atoms with van der Waals surface area (Å²) in [4.78, 5) is 12.0. The molecule has 1 aliphatic rings. The Balaban J connectivity index is 2.02. The van der Waals surface area contributed by atoms with Crippen molar-refractivity contribution < 1.29 is 22.7 Å². The second-order valence-corrected chi connectivity index (χ2v) is 6.10. The van der Waals surface area contributed by atoms with E-state index in [9.17, 15) is 18.0 Å². The van der Waals surface area contributed by atoms with E-state index in [0.717, 1.165) is 17.5 Å². The fraction of sp³-hybridized carbons (Fsp3) is 0.692. The van der Waals surface area contributed by atoms with Crippen LogP contribution in [0.15, 0.2) is 4.47 Å². The van der Waals surface area contributed by atoms with E-state index in [0.29, 0.717) is 6.61 Å². The molecular weight excluding hydrogens is 367 g/mol. The lowest BCUT2D eigenvalue weighted by Crippen LogP contribution is -2.42. The molecule has 5 nitrogen and oxygen atoms in total. The van der Waals surface area contributed by atoms with Crippen molar-refractivity contribution in [3.8, 4) is 0 Å². The maximum atomic E-state index is 12.8. The molecule has 0 bridgehead atoms. The normalized spacial score (nSPS) is 20.2. The molecule has 1 amide bonds. The first-order valence-electron chi connectivity index (χ1n) is 6.91. The molecule has 9 heteroatoms. The number of rotatable bonds is 4. The molecule has 1 aromatic rings. The van der Waals surface area contributed by atoms with Crippen LogP contribution in [0.25, 0.3) is 0 Å². The molecule has 0 aliphatic carbocycles. The van der Waals surface area contributed by atoms with Gasteiger partial charge in [-0.25, -0.2) is 0 Å². The van der Waals surface area contributed by atoms with E-state index >= 15 is 0 Å².